The minimum atomic E-state index is -0.668. The Bertz CT molecular complexity index is 644. The maximum absolute atomic E-state index is 12.4. The molecule has 2 aliphatic heterocycles. The first-order chi connectivity index (χ1) is 9.49. The number of halogens is 1. The second kappa shape index (κ2) is 4.59. The van der Waals surface area contributed by atoms with Crippen LogP contribution in [0.5, 0.6) is 5.75 Å². The van der Waals surface area contributed by atoms with E-state index in [2.05, 4.69) is 21.2 Å². The summed E-state index contributed by atoms with van der Waals surface area (Å²) in [7, 11) is 0. The monoisotopic (exact) mass is 338 g/mol. The summed E-state index contributed by atoms with van der Waals surface area (Å²) < 4.78 is 0.716. The molecule has 0 aliphatic carbocycles. The molecule has 6 nitrogen and oxygen atoms in total. The van der Waals surface area contributed by atoms with Gasteiger partial charge in [-0.05, 0) is 18.6 Å². The fourth-order valence-electron chi connectivity index (χ4n) is 2.62. The number of fused-ring (bicyclic) bond motifs is 1. The summed E-state index contributed by atoms with van der Waals surface area (Å²) in [6, 6.07) is 2.43. The summed E-state index contributed by atoms with van der Waals surface area (Å²) in [6.45, 7) is 0.245. The highest BCUT2D eigenvalue weighted by Gasteiger charge is 2.40. The van der Waals surface area contributed by atoms with Gasteiger partial charge in [-0.2, -0.15) is 0 Å². The molecule has 1 aromatic rings. The van der Waals surface area contributed by atoms with Gasteiger partial charge in [0.1, 0.15) is 11.8 Å². The summed E-state index contributed by atoms with van der Waals surface area (Å²) in [5, 5.41) is 12.1. The standard InChI is InChI=1S/C13H11BrN2O4/c14-7-1-3-9(17)11-6(7)5-16(13(11)20)8-2-4-10(18)15-12(8)19/h1,3,8,17H,2,4-5H2,(H,15,18,19). The summed E-state index contributed by atoms with van der Waals surface area (Å²) in [5.74, 6) is -1.26. The largest absolute Gasteiger partial charge is 0.507 e. The van der Waals surface area contributed by atoms with Gasteiger partial charge in [-0.25, -0.2) is 0 Å². The van der Waals surface area contributed by atoms with E-state index in [0.29, 0.717) is 16.5 Å². The van der Waals surface area contributed by atoms with Crippen molar-refractivity contribution in [2.75, 3.05) is 0 Å². The highest BCUT2D eigenvalue weighted by molar-refractivity contribution is 9.10. The number of aromatic hydroxyl groups is 1. The topological polar surface area (TPSA) is 86.7 Å². The van der Waals surface area contributed by atoms with Crippen LogP contribution in [0.15, 0.2) is 16.6 Å². The molecule has 104 valence electrons. The predicted octanol–water partition coefficient (Wildman–Crippen LogP) is 0.916. The van der Waals surface area contributed by atoms with Crippen LogP contribution in [0.1, 0.15) is 28.8 Å². The van der Waals surface area contributed by atoms with Crippen molar-refractivity contribution in [3.8, 4) is 5.75 Å². The number of nitrogens with zero attached hydrogens (tertiary/aromatic N) is 1. The fourth-order valence-corrected chi connectivity index (χ4v) is 3.08. The molecule has 7 heteroatoms. The molecule has 3 rings (SSSR count). The van der Waals surface area contributed by atoms with E-state index < -0.39 is 11.9 Å². The molecule has 2 N–H and O–H groups in total. The van der Waals surface area contributed by atoms with E-state index in [1.54, 1.807) is 6.07 Å². The minimum absolute atomic E-state index is 0.0945. The fraction of sp³-hybridized carbons (Fsp3) is 0.308. The maximum atomic E-state index is 12.4. The number of rotatable bonds is 1. The number of carbonyl (C=O) groups is 3. The maximum Gasteiger partial charge on any atom is 0.258 e. The molecule has 2 heterocycles. The van der Waals surface area contributed by atoms with Crippen molar-refractivity contribution >= 4 is 33.7 Å². The molecular formula is C13H11BrN2O4. The Kier molecular flexibility index (Phi) is 3.01. The summed E-state index contributed by atoms with van der Waals surface area (Å²) in [4.78, 5) is 36.8. The number of hydrogen-bond donors (Lipinski definition) is 2. The van der Waals surface area contributed by atoms with E-state index in [4.69, 9.17) is 0 Å². The molecule has 1 aromatic carbocycles. The van der Waals surface area contributed by atoms with Crippen LogP contribution in [0.4, 0.5) is 0 Å². The highest BCUT2D eigenvalue weighted by atomic mass is 79.9. The molecule has 2 aliphatic rings. The third-order valence-corrected chi connectivity index (χ3v) is 4.37. The van der Waals surface area contributed by atoms with Crippen molar-refractivity contribution in [2.24, 2.45) is 0 Å². The third kappa shape index (κ3) is 1.89. The summed E-state index contributed by atoms with van der Waals surface area (Å²) in [6.07, 6.45) is 0.520. The average Bonchev–Trinajstić information content (AvgIpc) is 2.73. The number of benzene rings is 1. The van der Waals surface area contributed by atoms with Crippen molar-refractivity contribution in [3.63, 3.8) is 0 Å². The average molecular weight is 339 g/mol. The number of nitrogens with one attached hydrogen (secondary N) is 1. The van der Waals surface area contributed by atoms with Crippen LogP contribution in [-0.2, 0) is 16.1 Å². The quantitative estimate of drug-likeness (QED) is 0.745. The van der Waals surface area contributed by atoms with E-state index in [-0.39, 0.29) is 36.1 Å². The number of phenolic OH excluding ortho intramolecular Hbond substituents is 1. The molecule has 0 spiro atoms. The number of amides is 3. The lowest BCUT2D eigenvalue weighted by Crippen LogP contribution is -2.52. The molecule has 1 unspecified atom stereocenters. The Morgan fingerprint density at radius 1 is 1.30 bits per heavy atom. The van der Waals surface area contributed by atoms with Gasteiger partial charge in [0, 0.05) is 23.0 Å². The van der Waals surface area contributed by atoms with E-state index in [0.717, 1.165) is 0 Å². The van der Waals surface area contributed by atoms with Gasteiger partial charge < -0.3 is 10.0 Å². The van der Waals surface area contributed by atoms with Crippen molar-refractivity contribution in [3.05, 3.63) is 27.7 Å². The molecular weight excluding hydrogens is 328 g/mol. The third-order valence-electron chi connectivity index (χ3n) is 3.62. The lowest BCUT2D eigenvalue weighted by Gasteiger charge is -2.29. The molecule has 0 radical (unpaired) electrons. The van der Waals surface area contributed by atoms with Crippen molar-refractivity contribution in [1.29, 1.82) is 0 Å². The summed E-state index contributed by atoms with van der Waals surface area (Å²) in [5.41, 5.74) is 0.892. The number of phenols is 1. The first-order valence-electron chi connectivity index (χ1n) is 6.14. The van der Waals surface area contributed by atoms with Crippen LogP contribution in [0, 0.1) is 0 Å². The normalized spacial score (nSPS) is 21.9. The molecule has 3 amide bonds. The predicted molar refractivity (Wildman–Crippen MR) is 71.9 cm³/mol. The summed E-state index contributed by atoms with van der Waals surface area (Å²) >= 11 is 3.34. The van der Waals surface area contributed by atoms with Gasteiger partial charge in [0.15, 0.2) is 0 Å². The highest BCUT2D eigenvalue weighted by Crippen LogP contribution is 2.37. The van der Waals surface area contributed by atoms with Gasteiger partial charge in [-0.3, -0.25) is 19.7 Å². The van der Waals surface area contributed by atoms with E-state index in [1.165, 1.54) is 11.0 Å². The van der Waals surface area contributed by atoms with Crippen LogP contribution < -0.4 is 5.32 Å². The zero-order valence-corrected chi connectivity index (χ0v) is 11.9. The molecule has 1 atom stereocenters. The van der Waals surface area contributed by atoms with Crippen molar-refractivity contribution in [2.45, 2.75) is 25.4 Å². The van der Waals surface area contributed by atoms with Gasteiger partial charge in [0.25, 0.3) is 5.91 Å². The van der Waals surface area contributed by atoms with E-state index in [9.17, 15) is 19.5 Å². The van der Waals surface area contributed by atoms with Crippen LogP contribution in [0.25, 0.3) is 0 Å². The van der Waals surface area contributed by atoms with Crippen molar-refractivity contribution in [1.82, 2.24) is 10.2 Å². The first-order valence-corrected chi connectivity index (χ1v) is 6.93. The molecule has 0 aromatic heterocycles. The molecule has 0 saturated carbocycles. The number of carbonyl (C=O) groups excluding carboxylic acids is 3. The Balaban J connectivity index is 1.94. The first kappa shape index (κ1) is 13.1. The number of hydrogen-bond acceptors (Lipinski definition) is 4. The van der Waals surface area contributed by atoms with Gasteiger partial charge >= 0.3 is 0 Å². The van der Waals surface area contributed by atoms with E-state index >= 15 is 0 Å². The van der Waals surface area contributed by atoms with Crippen molar-refractivity contribution < 1.29 is 19.5 Å². The minimum Gasteiger partial charge on any atom is -0.507 e. The Labute approximate surface area is 122 Å². The van der Waals surface area contributed by atoms with Crippen LogP contribution in [0.2, 0.25) is 0 Å². The van der Waals surface area contributed by atoms with Gasteiger partial charge in [-0.15, -0.1) is 0 Å². The van der Waals surface area contributed by atoms with Crippen LogP contribution in [-0.4, -0.2) is 33.8 Å². The second-order valence-electron chi connectivity index (χ2n) is 4.82. The zero-order valence-electron chi connectivity index (χ0n) is 10.4. The van der Waals surface area contributed by atoms with Gasteiger partial charge in [0.2, 0.25) is 11.8 Å². The molecule has 0 bridgehead atoms. The molecule has 20 heavy (non-hydrogen) atoms. The second-order valence-corrected chi connectivity index (χ2v) is 5.67. The van der Waals surface area contributed by atoms with Crippen LogP contribution in [0.3, 0.4) is 0 Å². The van der Waals surface area contributed by atoms with Gasteiger partial charge in [-0.1, -0.05) is 15.9 Å². The number of imide groups is 1. The van der Waals surface area contributed by atoms with E-state index in [1.807, 2.05) is 0 Å². The zero-order chi connectivity index (χ0) is 14.4. The lowest BCUT2D eigenvalue weighted by atomic mass is 10.0. The number of piperidine rings is 1. The Morgan fingerprint density at radius 3 is 2.70 bits per heavy atom. The Hall–Kier alpha value is -1.89. The molecule has 1 fully saturated rings. The smallest absolute Gasteiger partial charge is 0.258 e. The Morgan fingerprint density at radius 2 is 2.05 bits per heavy atom. The molecule has 1 saturated heterocycles. The van der Waals surface area contributed by atoms with Gasteiger partial charge in [0.05, 0.1) is 5.56 Å². The SMILES string of the molecule is O=C1CCC(N2Cc3c(Br)ccc(O)c3C2=O)C(=O)N1. The lowest BCUT2D eigenvalue weighted by molar-refractivity contribution is -0.136. The van der Waals surface area contributed by atoms with Crippen LogP contribution >= 0.6 is 15.9 Å².